The minimum atomic E-state index is -0.852. The van der Waals surface area contributed by atoms with Crippen molar-refractivity contribution in [3.8, 4) is 0 Å². The third-order valence-electron chi connectivity index (χ3n) is 2.50. The monoisotopic (exact) mass is 291 g/mol. The highest BCUT2D eigenvalue weighted by Crippen LogP contribution is 2.15. The molecule has 2 rings (SSSR count). The fraction of sp³-hybridized carbons (Fsp3) is 0.0833. The first-order valence-corrected chi connectivity index (χ1v) is 5.75. The van der Waals surface area contributed by atoms with E-state index in [-0.39, 0.29) is 11.3 Å². The van der Waals surface area contributed by atoms with Crippen molar-refractivity contribution < 1.29 is 14.1 Å². The lowest BCUT2D eigenvalue weighted by atomic mass is 10.2. The molecule has 0 aliphatic rings. The molecule has 9 heteroatoms. The van der Waals surface area contributed by atoms with Gasteiger partial charge in [0.15, 0.2) is 0 Å². The summed E-state index contributed by atoms with van der Waals surface area (Å²) >= 11 is 0. The summed E-state index contributed by atoms with van der Waals surface area (Å²) in [6.07, 6.45) is 2.21. The standard InChI is InChI=1S/C12H10FN5O3/c1-17-7-10(18(20)21)11(16-17)12(19)15-14-6-8-4-2-3-5-9(8)13/h2-7H,1H3,(H,15,19)/b14-6+. The van der Waals surface area contributed by atoms with Gasteiger partial charge in [-0.05, 0) is 6.07 Å². The van der Waals surface area contributed by atoms with Crippen molar-refractivity contribution in [3.05, 3.63) is 57.7 Å². The summed E-state index contributed by atoms with van der Waals surface area (Å²) in [5, 5.41) is 18.0. The molecule has 1 aromatic heterocycles. The average molecular weight is 291 g/mol. The highest BCUT2D eigenvalue weighted by Gasteiger charge is 2.24. The fourth-order valence-corrected chi connectivity index (χ4v) is 1.56. The molecule has 0 bridgehead atoms. The number of nitrogens with zero attached hydrogens (tertiary/aromatic N) is 4. The van der Waals surface area contributed by atoms with Crippen molar-refractivity contribution in [1.29, 1.82) is 0 Å². The molecule has 0 aliphatic carbocycles. The van der Waals surface area contributed by atoms with E-state index in [1.165, 1.54) is 25.2 Å². The molecule has 0 spiro atoms. The van der Waals surface area contributed by atoms with Gasteiger partial charge in [0.25, 0.3) is 5.91 Å². The number of carbonyl (C=O) groups is 1. The number of hydrazone groups is 1. The Kier molecular flexibility index (Phi) is 4.02. The molecule has 0 radical (unpaired) electrons. The van der Waals surface area contributed by atoms with E-state index in [2.05, 4.69) is 15.6 Å². The SMILES string of the molecule is Cn1cc([N+](=O)[O-])c(C(=O)N/N=C/c2ccccc2F)n1. The minimum absolute atomic E-state index is 0.174. The number of hydrogen-bond donors (Lipinski definition) is 1. The van der Waals surface area contributed by atoms with E-state index in [9.17, 15) is 19.3 Å². The summed E-state index contributed by atoms with van der Waals surface area (Å²) in [6.45, 7) is 0. The number of benzene rings is 1. The number of nitrogens with one attached hydrogen (secondary N) is 1. The molecule has 1 N–H and O–H groups in total. The molecule has 21 heavy (non-hydrogen) atoms. The molecule has 1 aromatic carbocycles. The summed E-state index contributed by atoms with van der Waals surface area (Å²) in [5.41, 5.74) is 1.44. The van der Waals surface area contributed by atoms with Crippen LogP contribution in [0.4, 0.5) is 10.1 Å². The molecule has 2 aromatic rings. The van der Waals surface area contributed by atoms with Gasteiger partial charge in [-0.25, -0.2) is 9.82 Å². The Balaban J connectivity index is 2.12. The molecule has 108 valence electrons. The quantitative estimate of drug-likeness (QED) is 0.520. The molecule has 0 aliphatic heterocycles. The van der Waals surface area contributed by atoms with Crippen LogP contribution in [0, 0.1) is 15.9 Å². The van der Waals surface area contributed by atoms with Crippen LogP contribution in [0.15, 0.2) is 35.6 Å². The molecule has 0 fully saturated rings. The number of hydrogen-bond acceptors (Lipinski definition) is 5. The van der Waals surface area contributed by atoms with Gasteiger partial charge in [0.1, 0.15) is 12.0 Å². The molecular weight excluding hydrogens is 281 g/mol. The molecule has 0 atom stereocenters. The predicted octanol–water partition coefficient (Wildman–Crippen LogP) is 1.23. The van der Waals surface area contributed by atoms with Crippen LogP contribution in [-0.4, -0.2) is 26.8 Å². The smallest absolute Gasteiger partial charge is 0.268 e. The average Bonchev–Trinajstić information content (AvgIpc) is 2.83. The first-order chi connectivity index (χ1) is 9.99. The zero-order chi connectivity index (χ0) is 15.4. The second kappa shape index (κ2) is 5.90. The van der Waals surface area contributed by atoms with Crippen molar-refractivity contribution in [2.75, 3.05) is 0 Å². The van der Waals surface area contributed by atoms with E-state index in [1.54, 1.807) is 6.07 Å². The second-order valence-electron chi connectivity index (χ2n) is 4.01. The molecule has 0 unspecified atom stereocenters. The number of aryl methyl sites for hydroxylation is 1. The fourth-order valence-electron chi connectivity index (χ4n) is 1.56. The maximum Gasteiger partial charge on any atom is 0.320 e. The number of rotatable bonds is 4. The summed E-state index contributed by atoms with van der Waals surface area (Å²) in [6, 6.07) is 5.83. The van der Waals surface area contributed by atoms with E-state index in [0.717, 1.165) is 17.1 Å². The second-order valence-corrected chi connectivity index (χ2v) is 4.01. The van der Waals surface area contributed by atoms with Crippen LogP contribution in [-0.2, 0) is 7.05 Å². The van der Waals surface area contributed by atoms with E-state index in [4.69, 9.17) is 0 Å². The van der Waals surface area contributed by atoms with Crippen LogP contribution in [0.1, 0.15) is 16.1 Å². The molecule has 8 nitrogen and oxygen atoms in total. The van der Waals surface area contributed by atoms with Gasteiger partial charge in [-0.15, -0.1) is 0 Å². The summed E-state index contributed by atoms with van der Waals surface area (Å²) in [4.78, 5) is 21.8. The van der Waals surface area contributed by atoms with Crippen molar-refractivity contribution in [3.63, 3.8) is 0 Å². The normalized spacial score (nSPS) is 10.8. The van der Waals surface area contributed by atoms with Crippen molar-refractivity contribution in [2.24, 2.45) is 12.1 Å². The van der Waals surface area contributed by atoms with Gasteiger partial charge < -0.3 is 0 Å². The van der Waals surface area contributed by atoms with Gasteiger partial charge in [0.05, 0.1) is 11.1 Å². The Hall–Kier alpha value is -3.10. The number of aromatic nitrogens is 2. The summed E-state index contributed by atoms with van der Waals surface area (Å²) in [7, 11) is 1.45. The van der Waals surface area contributed by atoms with Crippen LogP contribution in [0.25, 0.3) is 0 Å². The Bertz CT molecular complexity index is 725. The Labute approximate surface area is 118 Å². The lowest BCUT2D eigenvalue weighted by Crippen LogP contribution is -2.19. The van der Waals surface area contributed by atoms with Crippen molar-refractivity contribution >= 4 is 17.8 Å². The summed E-state index contributed by atoms with van der Waals surface area (Å²) < 4.78 is 14.4. The zero-order valence-electron chi connectivity index (χ0n) is 10.9. The minimum Gasteiger partial charge on any atom is -0.268 e. The van der Waals surface area contributed by atoms with Gasteiger partial charge in [0.2, 0.25) is 5.69 Å². The highest BCUT2D eigenvalue weighted by molar-refractivity contribution is 5.96. The third kappa shape index (κ3) is 3.26. The topological polar surface area (TPSA) is 102 Å². The van der Waals surface area contributed by atoms with E-state index < -0.39 is 22.3 Å². The molecule has 1 amide bonds. The predicted molar refractivity (Wildman–Crippen MR) is 71.3 cm³/mol. The van der Waals surface area contributed by atoms with E-state index in [1.807, 2.05) is 0 Å². The van der Waals surface area contributed by atoms with Crippen LogP contribution in [0.5, 0.6) is 0 Å². The number of amides is 1. The van der Waals surface area contributed by atoms with E-state index in [0.29, 0.717) is 0 Å². The van der Waals surface area contributed by atoms with E-state index >= 15 is 0 Å². The van der Waals surface area contributed by atoms with Gasteiger partial charge in [0, 0.05) is 12.6 Å². The van der Waals surface area contributed by atoms with Gasteiger partial charge in [-0.2, -0.15) is 10.2 Å². The van der Waals surface area contributed by atoms with Crippen LogP contribution in [0.3, 0.4) is 0 Å². The number of halogens is 1. The van der Waals surface area contributed by atoms with Crippen molar-refractivity contribution in [1.82, 2.24) is 15.2 Å². The molecule has 1 heterocycles. The third-order valence-corrected chi connectivity index (χ3v) is 2.50. The maximum atomic E-state index is 13.3. The molecule has 0 saturated carbocycles. The van der Waals surface area contributed by atoms with Crippen LogP contribution < -0.4 is 5.43 Å². The highest BCUT2D eigenvalue weighted by atomic mass is 19.1. The van der Waals surface area contributed by atoms with Gasteiger partial charge >= 0.3 is 5.69 Å². The zero-order valence-corrected chi connectivity index (χ0v) is 10.9. The maximum absolute atomic E-state index is 13.3. The Morgan fingerprint density at radius 1 is 1.52 bits per heavy atom. The van der Waals surface area contributed by atoms with Crippen molar-refractivity contribution in [2.45, 2.75) is 0 Å². The lowest BCUT2D eigenvalue weighted by molar-refractivity contribution is -0.385. The van der Waals surface area contributed by atoms with Gasteiger partial charge in [-0.3, -0.25) is 19.6 Å². The first kappa shape index (κ1) is 14.3. The number of nitro groups is 1. The van der Waals surface area contributed by atoms with Crippen LogP contribution in [0.2, 0.25) is 0 Å². The number of carbonyl (C=O) groups excluding carboxylic acids is 1. The van der Waals surface area contributed by atoms with Gasteiger partial charge in [-0.1, -0.05) is 18.2 Å². The lowest BCUT2D eigenvalue weighted by Gasteiger charge is -1.97. The molecular formula is C12H10FN5O3. The Morgan fingerprint density at radius 3 is 2.90 bits per heavy atom. The van der Waals surface area contributed by atoms with Crippen LogP contribution >= 0.6 is 0 Å². The Morgan fingerprint density at radius 2 is 2.24 bits per heavy atom. The molecule has 0 saturated heterocycles. The largest absolute Gasteiger partial charge is 0.320 e. The first-order valence-electron chi connectivity index (χ1n) is 5.75. The summed E-state index contributed by atoms with van der Waals surface area (Å²) in [5.74, 6) is -1.35.